The molecule has 5 heteroatoms. The minimum absolute atomic E-state index is 0.389. The Morgan fingerprint density at radius 3 is 2.55 bits per heavy atom. The zero-order valence-corrected chi connectivity index (χ0v) is 12.5. The van der Waals surface area contributed by atoms with Gasteiger partial charge in [0, 0.05) is 11.7 Å². The molecule has 0 atom stereocenters. The van der Waals surface area contributed by atoms with Crippen molar-refractivity contribution in [1.82, 2.24) is 15.5 Å². The van der Waals surface area contributed by atoms with Crippen LogP contribution in [-0.4, -0.2) is 16.2 Å². The van der Waals surface area contributed by atoms with Crippen molar-refractivity contribution in [3.8, 4) is 0 Å². The zero-order chi connectivity index (χ0) is 14.5. The minimum atomic E-state index is 0.389. The van der Waals surface area contributed by atoms with Crippen LogP contribution in [0, 0.1) is 0 Å². The number of rotatable bonds is 6. The molecule has 0 aliphatic heterocycles. The summed E-state index contributed by atoms with van der Waals surface area (Å²) < 4.78 is 5.58. The molecule has 0 saturated heterocycles. The van der Waals surface area contributed by atoms with Crippen molar-refractivity contribution in [1.29, 1.82) is 0 Å². The van der Waals surface area contributed by atoms with Crippen molar-refractivity contribution in [3.63, 3.8) is 0 Å². The molecule has 1 aromatic heterocycles. The molecular weight excluding hydrogens is 252 g/mol. The van der Waals surface area contributed by atoms with Crippen molar-refractivity contribution in [2.24, 2.45) is 0 Å². The number of hydrogen-bond acceptors (Lipinski definition) is 5. The zero-order valence-electron chi connectivity index (χ0n) is 12.5. The molecule has 2 aromatic rings. The summed E-state index contributed by atoms with van der Waals surface area (Å²) in [6.45, 7) is 9.06. The molecule has 0 aliphatic rings. The highest BCUT2D eigenvalue weighted by Crippen LogP contribution is 2.26. The molecule has 0 amide bonds. The van der Waals surface area contributed by atoms with Gasteiger partial charge in [-0.05, 0) is 17.5 Å². The number of aromatic nitrogens is 2. The third-order valence-electron chi connectivity index (χ3n) is 2.95. The van der Waals surface area contributed by atoms with Crippen LogP contribution >= 0.6 is 0 Å². The second-order valence-corrected chi connectivity index (χ2v) is 5.40. The first-order chi connectivity index (χ1) is 9.56. The number of nitrogens with one attached hydrogen (secondary N) is 2. The Labute approximate surface area is 119 Å². The number of anilines is 2. The summed E-state index contributed by atoms with van der Waals surface area (Å²) in [5.74, 6) is 1.02. The first kappa shape index (κ1) is 14.5. The molecule has 2 N–H and O–H groups in total. The third kappa shape index (κ3) is 3.81. The van der Waals surface area contributed by atoms with Gasteiger partial charge in [-0.2, -0.15) is 0 Å². The summed E-state index contributed by atoms with van der Waals surface area (Å²) in [4.78, 5) is 0. The molecule has 0 saturated carbocycles. The highest BCUT2D eigenvalue weighted by Gasteiger charge is 2.10. The number of hydrogen-bond donors (Lipinski definition) is 2. The monoisotopic (exact) mass is 274 g/mol. The quantitative estimate of drug-likeness (QED) is 0.845. The van der Waals surface area contributed by atoms with Crippen LogP contribution in [0.3, 0.4) is 0 Å². The molecule has 0 fully saturated rings. The van der Waals surface area contributed by atoms with E-state index in [0.717, 1.165) is 5.69 Å². The van der Waals surface area contributed by atoms with Crippen LogP contribution in [0.2, 0.25) is 0 Å². The van der Waals surface area contributed by atoms with Gasteiger partial charge in [0.05, 0.1) is 6.54 Å². The maximum absolute atomic E-state index is 5.58. The smallest absolute Gasteiger partial charge is 0.320 e. The van der Waals surface area contributed by atoms with Gasteiger partial charge in [-0.15, -0.1) is 5.10 Å². The van der Waals surface area contributed by atoms with Crippen LogP contribution in [0.4, 0.5) is 11.7 Å². The van der Waals surface area contributed by atoms with Gasteiger partial charge in [0.1, 0.15) is 0 Å². The average Bonchev–Trinajstić information content (AvgIpc) is 2.84. The predicted octanol–water partition coefficient (Wildman–Crippen LogP) is 3.43. The lowest BCUT2D eigenvalue weighted by atomic mass is 10.0. The van der Waals surface area contributed by atoms with Crippen LogP contribution in [0.1, 0.15) is 45.1 Å². The molecule has 20 heavy (non-hydrogen) atoms. The van der Waals surface area contributed by atoms with Crippen molar-refractivity contribution in [3.05, 3.63) is 35.7 Å². The summed E-state index contributed by atoms with van der Waals surface area (Å²) in [6, 6.07) is 8.97. The normalized spacial score (nSPS) is 11.3. The SMILES string of the molecule is CC(C)NCc1nnc(Nc2ccccc2C(C)C)o1. The van der Waals surface area contributed by atoms with Gasteiger partial charge < -0.3 is 15.1 Å². The third-order valence-corrected chi connectivity index (χ3v) is 2.95. The fourth-order valence-electron chi connectivity index (χ4n) is 1.90. The highest BCUT2D eigenvalue weighted by molar-refractivity contribution is 5.58. The summed E-state index contributed by atoms with van der Waals surface area (Å²) in [5, 5.41) is 14.5. The molecule has 5 nitrogen and oxygen atoms in total. The van der Waals surface area contributed by atoms with Gasteiger partial charge in [-0.3, -0.25) is 0 Å². The molecule has 1 heterocycles. The van der Waals surface area contributed by atoms with Crippen LogP contribution in [0.25, 0.3) is 0 Å². The Bertz CT molecular complexity index is 548. The minimum Gasteiger partial charge on any atom is -0.406 e. The topological polar surface area (TPSA) is 63.0 Å². The summed E-state index contributed by atoms with van der Waals surface area (Å²) in [6.07, 6.45) is 0. The number of benzene rings is 1. The first-order valence-corrected chi connectivity index (χ1v) is 6.98. The van der Waals surface area contributed by atoms with Gasteiger partial charge in [-0.1, -0.05) is 51.0 Å². The van der Waals surface area contributed by atoms with Crippen molar-refractivity contribution < 1.29 is 4.42 Å². The van der Waals surface area contributed by atoms with E-state index < -0.39 is 0 Å². The Balaban J connectivity index is 2.07. The lowest BCUT2D eigenvalue weighted by Gasteiger charge is -2.11. The van der Waals surface area contributed by atoms with Crippen LogP contribution in [0.5, 0.6) is 0 Å². The predicted molar refractivity (Wildman–Crippen MR) is 80.1 cm³/mol. The Morgan fingerprint density at radius 2 is 1.85 bits per heavy atom. The van der Waals surface area contributed by atoms with E-state index in [4.69, 9.17) is 4.42 Å². The first-order valence-electron chi connectivity index (χ1n) is 6.98. The second kappa shape index (κ2) is 6.52. The van der Waals surface area contributed by atoms with Gasteiger partial charge in [0.2, 0.25) is 5.89 Å². The number of nitrogens with zero attached hydrogens (tertiary/aromatic N) is 2. The van der Waals surface area contributed by atoms with Crippen molar-refractivity contribution in [2.45, 2.75) is 46.2 Å². The largest absolute Gasteiger partial charge is 0.406 e. The molecule has 0 spiro atoms. The maximum atomic E-state index is 5.58. The van der Waals surface area contributed by atoms with E-state index in [9.17, 15) is 0 Å². The maximum Gasteiger partial charge on any atom is 0.320 e. The van der Waals surface area contributed by atoms with Crippen LogP contribution in [-0.2, 0) is 6.54 Å². The van der Waals surface area contributed by atoms with E-state index in [-0.39, 0.29) is 0 Å². The van der Waals surface area contributed by atoms with E-state index in [1.54, 1.807) is 0 Å². The van der Waals surface area contributed by atoms with E-state index in [1.165, 1.54) is 5.56 Å². The summed E-state index contributed by atoms with van der Waals surface area (Å²) in [5.41, 5.74) is 2.24. The highest BCUT2D eigenvalue weighted by atomic mass is 16.4. The molecule has 108 valence electrons. The number of para-hydroxylation sites is 1. The molecular formula is C15H22N4O. The van der Waals surface area contributed by atoms with E-state index >= 15 is 0 Å². The van der Waals surface area contributed by atoms with Gasteiger partial charge in [-0.25, -0.2) is 0 Å². The van der Waals surface area contributed by atoms with Gasteiger partial charge >= 0.3 is 6.01 Å². The van der Waals surface area contributed by atoms with Crippen molar-refractivity contribution in [2.75, 3.05) is 5.32 Å². The summed E-state index contributed by atoms with van der Waals surface area (Å²) in [7, 11) is 0. The van der Waals surface area contributed by atoms with E-state index in [0.29, 0.717) is 30.4 Å². The van der Waals surface area contributed by atoms with E-state index in [2.05, 4.69) is 54.6 Å². The van der Waals surface area contributed by atoms with Crippen molar-refractivity contribution >= 4 is 11.7 Å². The Morgan fingerprint density at radius 1 is 1.10 bits per heavy atom. The van der Waals surface area contributed by atoms with Gasteiger partial charge in [0.25, 0.3) is 0 Å². The lowest BCUT2D eigenvalue weighted by molar-refractivity contribution is 0.460. The average molecular weight is 274 g/mol. The molecule has 0 bridgehead atoms. The molecule has 0 aliphatic carbocycles. The molecule has 0 radical (unpaired) electrons. The molecule has 1 aromatic carbocycles. The Kier molecular flexibility index (Phi) is 4.74. The summed E-state index contributed by atoms with van der Waals surface area (Å²) >= 11 is 0. The Hall–Kier alpha value is -1.88. The van der Waals surface area contributed by atoms with Crippen LogP contribution < -0.4 is 10.6 Å². The van der Waals surface area contributed by atoms with Crippen LogP contribution in [0.15, 0.2) is 28.7 Å². The fraction of sp³-hybridized carbons (Fsp3) is 0.467. The van der Waals surface area contributed by atoms with Gasteiger partial charge in [0.15, 0.2) is 0 Å². The fourth-order valence-corrected chi connectivity index (χ4v) is 1.90. The second-order valence-electron chi connectivity index (χ2n) is 5.40. The standard InChI is InChI=1S/C15H22N4O/c1-10(2)12-7-5-6-8-13(12)17-15-19-18-14(20-15)9-16-11(3)4/h5-8,10-11,16H,9H2,1-4H3,(H,17,19). The molecule has 2 rings (SSSR count). The van der Waals surface area contributed by atoms with E-state index in [1.807, 2.05) is 18.2 Å². The lowest BCUT2D eigenvalue weighted by Crippen LogP contribution is -2.21. The molecule has 0 unspecified atom stereocenters.